The number of rotatable bonds is 7. The first-order valence-corrected chi connectivity index (χ1v) is 6.50. The van der Waals surface area contributed by atoms with Crippen molar-refractivity contribution in [1.29, 1.82) is 0 Å². The predicted octanol–water partition coefficient (Wildman–Crippen LogP) is 4.31. The van der Waals surface area contributed by atoms with Gasteiger partial charge in [0, 0.05) is 5.75 Å². The van der Waals surface area contributed by atoms with Crippen LogP contribution in [0.25, 0.3) is 0 Å². The Morgan fingerprint density at radius 1 is 1.00 bits per heavy atom. The zero-order valence-corrected chi connectivity index (χ0v) is 9.56. The highest BCUT2D eigenvalue weighted by Gasteiger charge is 1.92. The molecule has 0 bridgehead atoms. The lowest BCUT2D eigenvalue weighted by atomic mass is 10.2. The van der Waals surface area contributed by atoms with Crippen LogP contribution in [0, 0.1) is 6.92 Å². The zero-order valence-electron chi connectivity index (χ0n) is 8.74. The van der Waals surface area contributed by atoms with Crippen molar-refractivity contribution in [2.24, 2.45) is 0 Å². The monoisotopic (exact) mass is 207 g/mol. The second-order valence-electron chi connectivity index (χ2n) is 3.45. The molecule has 0 amide bonds. The van der Waals surface area contributed by atoms with Crippen molar-refractivity contribution < 1.29 is 0 Å². The van der Waals surface area contributed by atoms with E-state index in [9.17, 15) is 0 Å². The molecule has 0 unspecified atom stereocenters. The van der Waals surface area contributed by atoms with Crippen molar-refractivity contribution in [3.8, 4) is 0 Å². The molecule has 0 nitrogen and oxygen atoms in total. The number of unbranched alkanes of at least 4 members (excludes halogenated alkanes) is 3. The smallest absolute Gasteiger partial charge is 0.0184 e. The molecule has 1 aromatic carbocycles. The standard InChI is InChI=1S/C13H19S/c1-2-3-4-8-11-14-12-13-9-6-5-7-10-13/h5-7,9-10H,1-4,8,11-12H2. The summed E-state index contributed by atoms with van der Waals surface area (Å²) in [5.41, 5.74) is 1.44. The fraction of sp³-hybridized carbons (Fsp3) is 0.462. The summed E-state index contributed by atoms with van der Waals surface area (Å²) >= 11 is 2.04. The number of hydrogen-bond acceptors (Lipinski definition) is 1. The fourth-order valence-electron chi connectivity index (χ4n) is 1.32. The molecule has 0 aliphatic rings. The second kappa shape index (κ2) is 7.93. The molecular weight excluding hydrogens is 188 g/mol. The van der Waals surface area contributed by atoms with E-state index in [2.05, 4.69) is 37.3 Å². The third-order valence-corrected chi connectivity index (χ3v) is 3.27. The largest absolute Gasteiger partial charge is 0.157 e. The van der Waals surface area contributed by atoms with Gasteiger partial charge in [0.25, 0.3) is 0 Å². The molecule has 0 saturated carbocycles. The van der Waals surface area contributed by atoms with Crippen LogP contribution in [0.5, 0.6) is 0 Å². The molecule has 0 spiro atoms. The van der Waals surface area contributed by atoms with Crippen molar-refractivity contribution in [2.75, 3.05) is 5.75 Å². The molecular formula is C13H19S. The highest BCUT2D eigenvalue weighted by Crippen LogP contribution is 2.14. The Labute approximate surface area is 92.1 Å². The Morgan fingerprint density at radius 2 is 1.79 bits per heavy atom. The van der Waals surface area contributed by atoms with E-state index < -0.39 is 0 Å². The minimum atomic E-state index is 1.09. The van der Waals surface area contributed by atoms with Crippen LogP contribution in [0.4, 0.5) is 0 Å². The Hall–Kier alpha value is -0.430. The van der Waals surface area contributed by atoms with Gasteiger partial charge in [-0.15, -0.1) is 0 Å². The summed E-state index contributed by atoms with van der Waals surface area (Å²) in [6, 6.07) is 10.7. The van der Waals surface area contributed by atoms with Crippen molar-refractivity contribution in [3.63, 3.8) is 0 Å². The Kier molecular flexibility index (Phi) is 6.59. The SMILES string of the molecule is [CH2]CCCCCSCc1ccccc1. The maximum absolute atomic E-state index is 3.84. The fourth-order valence-corrected chi connectivity index (χ4v) is 2.30. The van der Waals surface area contributed by atoms with Gasteiger partial charge in [-0.05, 0) is 17.7 Å². The zero-order chi connectivity index (χ0) is 10.1. The lowest BCUT2D eigenvalue weighted by Gasteiger charge is -2.01. The minimum absolute atomic E-state index is 1.09. The first kappa shape index (κ1) is 11.6. The van der Waals surface area contributed by atoms with Crippen molar-refractivity contribution >= 4 is 11.8 Å². The quantitative estimate of drug-likeness (QED) is 0.600. The van der Waals surface area contributed by atoms with Gasteiger partial charge in [0.2, 0.25) is 0 Å². The van der Waals surface area contributed by atoms with E-state index >= 15 is 0 Å². The molecule has 1 radical (unpaired) electrons. The van der Waals surface area contributed by atoms with Crippen LogP contribution in [-0.2, 0) is 5.75 Å². The molecule has 77 valence electrons. The molecule has 0 aromatic heterocycles. The molecule has 0 atom stereocenters. The average molecular weight is 207 g/mol. The Bertz CT molecular complexity index is 218. The van der Waals surface area contributed by atoms with Crippen LogP contribution >= 0.6 is 11.8 Å². The van der Waals surface area contributed by atoms with E-state index in [1.807, 2.05) is 11.8 Å². The van der Waals surface area contributed by atoms with Gasteiger partial charge < -0.3 is 0 Å². The van der Waals surface area contributed by atoms with Crippen LogP contribution < -0.4 is 0 Å². The number of thioether (sulfide) groups is 1. The first-order valence-electron chi connectivity index (χ1n) is 5.34. The predicted molar refractivity (Wildman–Crippen MR) is 66.4 cm³/mol. The second-order valence-corrected chi connectivity index (χ2v) is 4.56. The van der Waals surface area contributed by atoms with E-state index in [1.165, 1.54) is 30.6 Å². The summed E-state index contributed by atoms with van der Waals surface area (Å²) < 4.78 is 0. The van der Waals surface area contributed by atoms with E-state index in [0.29, 0.717) is 0 Å². The molecule has 0 N–H and O–H groups in total. The van der Waals surface area contributed by atoms with Gasteiger partial charge in [-0.1, -0.05) is 56.5 Å². The normalized spacial score (nSPS) is 10.4. The first-order chi connectivity index (χ1) is 6.93. The average Bonchev–Trinajstić information content (AvgIpc) is 2.25. The summed E-state index contributed by atoms with van der Waals surface area (Å²) in [7, 11) is 0. The van der Waals surface area contributed by atoms with Crippen LogP contribution in [-0.4, -0.2) is 5.75 Å². The van der Waals surface area contributed by atoms with Crippen LogP contribution in [0.3, 0.4) is 0 Å². The van der Waals surface area contributed by atoms with Crippen LogP contribution in [0.1, 0.15) is 31.2 Å². The minimum Gasteiger partial charge on any atom is -0.157 e. The summed E-state index contributed by atoms with van der Waals surface area (Å²) in [4.78, 5) is 0. The van der Waals surface area contributed by atoms with Crippen molar-refractivity contribution in [3.05, 3.63) is 42.8 Å². The molecule has 14 heavy (non-hydrogen) atoms. The number of benzene rings is 1. The van der Waals surface area contributed by atoms with Gasteiger partial charge >= 0.3 is 0 Å². The lowest BCUT2D eigenvalue weighted by Crippen LogP contribution is -1.83. The molecule has 0 aliphatic heterocycles. The van der Waals surface area contributed by atoms with Gasteiger partial charge in [-0.2, -0.15) is 11.8 Å². The van der Waals surface area contributed by atoms with E-state index in [0.717, 1.165) is 12.2 Å². The maximum atomic E-state index is 3.84. The highest BCUT2D eigenvalue weighted by molar-refractivity contribution is 7.98. The van der Waals surface area contributed by atoms with E-state index in [1.54, 1.807) is 0 Å². The molecule has 1 rings (SSSR count). The highest BCUT2D eigenvalue weighted by atomic mass is 32.2. The summed E-state index contributed by atoms with van der Waals surface area (Å²) in [6.45, 7) is 3.84. The van der Waals surface area contributed by atoms with Gasteiger partial charge in [-0.3, -0.25) is 0 Å². The van der Waals surface area contributed by atoms with E-state index in [4.69, 9.17) is 0 Å². The lowest BCUT2D eigenvalue weighted by molar-refractivity contribution is 0.733. The summed E-state index contributed by atoms with van der Waals surface area (Å²) in [5.74, 6) is 2.44. The molecule has 1 aromatic rings. The molecule has 0 saturated heterocycles. The molecule has 0 fully saturated rings. The molecule has 0 aliphatic carbocycles. The number of hydrogen-bond donors (Lipinski definition) is 0. The maximum Gasteiger partial charge on any atom is 0.0184 e. The van der Waals surface area contributed by atoms with Crippen LogP contribution in [0.2, 0.25) is 0 Å². The van der Waals surface area contributed by atoms with Gasteiger partial charge in [0.1, 0.15) is 0 Å². The third kappa shape index (κ3) is 5.33. The summed E-state index contributed by atoms with van der Waals surface area (Å²) in [5, 5.41) is 0. The van der Waals surface area contributed by atoms with E-state index in [-0.39, 0.29) is 0 Å². The molecule has 0 heterocycles. The summed E-state index contributed by atoms with van der Waals surface area (Å²) in [6.07, 6.45) is 5.05. The molecule has 1 heteroatoms. The van der Waals surface area contributed by atoms with Crippen molar-refractivity contribution in [2.45, 2.75) is 31.4 Å². The Balaban J connectivity index is 1.99. The van der Waals surface area contributed by atoms with Gasteiger partial charge in [0.15, 0.2) is 0 Å². The van der Waals surface area contributed by atoms with Crippen molar-refractivity contribution in [1.82, 2.24) is 0 Å². The van der Waals surface area contributed by atoms with Crippen LogP contribution in [0.15, 0.2) is 30.3 Å². The van der Waals surface area contributed by atoms with Gasteiger partial charge in [-0.25, -0.2) is 0 Å². The third-order valence-electron chi connectivity index (χ3n) is 2.15. The Morgan fingerprint density at radius 3 is 2.50 bits per heavy atom. The topological polar surface area (TPSA) is 0 Å². The van der Waals surface area contributed by atoms with Gasteiger partial charge in [0.05, 0.1) is 0 Å².